The van der Waals surface area contributed by atoms with E-state index in [0.29, 0.717) is 24.7 Å². The van der Waals surface area contributed by atoms with Crippen LogP contribution in [-0.2, 0) is 9.53 Å². The minimum atomic E-state index is -0.679. The van der Waals surface area contributed by atoms with Gasteiger partial charge in [0, 0.05) is 13.1 Å². The van der Waals surface area contributed by atoms with Gasteiger partial charge in [-0.25, -0.2) is 9.59 Å². The van der Waals surface area contributed by atoms with Gasteiger partial charge in [-0.3, -0.25) is 9.69 Å². The highest BCUT2D eigenvalue weighted by Crippen LogP contribution is 2.28. The summed E-state index contributed by atoms with van der Waals surface area (Å²) in [6.07, 6.45) is 0. The molecule has 1 aliphatic heterocycles. The Hall–Kier alpha value is -2.77. The van der Waals surface area contributed by atoms with Gasteiger partial charge in [0.25, 0.3) is 5.91 Å². The molecule has 0 atom stereocenters. The number of methoxy groups -OCH3 is 1. The predicted octanol–water partition coefficient (Wildman–Crippen LogP) is 0.802. The van der Waals surface area contributed by atoms with Gasteiger partial charge in [-0.2, -0.15) is 0 Å². The molecule has 0 aromatic heterocycles. The van der Waals surface area contributed by atoms with E-state index in [4.69, 9.17) is 14.2 Å². The van der Waals surface area contributed by atoms with Crippen LogP contribution in [0.3, 0.4) is 0 Å². The molecule has 0 radical (unpaired) electrons. The van der Waals surface area contributed by atoms with Gasteiger partial charge in [-0.1, -0.05) is 0 Å². The second kappa shape index (κ2) is 7.48. The van der Waals surface area contributed by atoms with Crippen molar-refractivity contribution < 1.29 is 28.6 Å². The number of benzene rings is 1. The van der Waals surface area contributed by atoms with Gasteiger partial charge in [0.05, 0.1) is 19.3 Å². The summed E-state index contributed by atoms with van der Waals surface area (Å²) in [4.78, 5) is 36.2. The summed E-state index contributed by atoms with van der Waals surface area (Å²) in [6, 6.07) is 4.10. The molecule has 1 heterocycles. The number of rotatable bonds is 6. The van der Waals surface area contributed by atoms with Gasteiger partial charge < -0.3 is 19.5 Å². The normalized spacial score (nSPS) is 13.5. The van der Waals surface area contributed by atoms with Gasteiger partial charge in [0.15, 0.2) is 18.1 Å². The van der Waals surface area contributed by atoms with Crippen molar-refractivity contribution in [3.8, 4) is 11.5 Å². The molecule has 8 heteroatoms. The molecule has 1 aromatic rings. The lowest BCUT2D eigenvalue weighted by Gasteiger charge is -2.13. The number of amides is 3. The molecule has 124 valence electrons. The summed E-state index contributed by atoms with van der Waals surface area (Å²) in [5.74, 6) is -0.337. The minimum Gasteiger partial charge on any atom is -0.493 e. The van der Waals surface area contributed by atoms with Crippen molar-refractivity contribution in [2.24, 2.45) is 0 Å². The van der Waals surface area contributed by atoms with Crippen LogP contribution in [0.2, 0.25) is 0 Å². The molecule has 1 aromatic carbocycles. The highest BCUT2D eigenvalue weighted by atomic mass is 16.5. The predicted molar refractivity (Wildman–Crippen MR) is 79.6 cm³/mol. The highest BCUT2D eigenvalue weighted by molar-refractivity contribution is 5.98. The van der Waals surface area contributed by atoms with Crippen LogP contribution in [0.4, 0.5) is 4.79 Å². The first-order valence-corrected chi connectivity index (χ1v) is 7.13. The third-order valence-corrected chi connectivity index (χ3v) is 3.18. The molecular formula is C15H18N2O6. The van der Waals surface area contributed by atoms with E-state index < -0.39 is 24.5 Å². The zero-order valence-electron chi connectivity index (χ0n) is 13.0. The molecule has 0 spiro atoms. The third kappa shape index (κ3) is 3.91. The molecule has 0 bridgehead atoms. The quantitative estimate of drug-likeness (QED) is 0.779. The second-order valence-corrected chi connectivity index (χ2v) is 4.65. The van der Waals surface area contributed by atoms with Crippen molar-refractivity contribution in [2.75, 3.05) is 33.4 Å². The lowest BCUT2D eigenvalue weighted by Crippen LogP contribution is -2.37. The Morgan fingerprint density at radius 2 is 2.09 bits per heavy atom. The molecule has 0 unspecified atom stereocenters. The van der Waals surface area contributed by atoms with E-state index in [9.17, 15) is 14.4 Å². The van der Waals surface area contributed by atoms with Gasteiger partial charge in [0.1, 0.15) is 0 Å². The maximum absolute atomic E-state index is 12.0. The molecule has 8 nitrogen and oxygen atoms in total. The van der Waals surface area contributed by atoms with Crippen molar-refractivity contribution >= 4 is 17.9 Å². The fourth-order valence-electron chi connectivity index (χ4n) is 2.07. The maximum atomic E-state index is 12.0. The van der Waals surface area contributed by atoms with Crippen molar-refractivity contribution in [1.29, 1.82) is 0 Å². The summed E-state index contributed by atoms with van der Waals surface area (Å²) < 4.78 is 15.5. The Balaban J connectivity index is 1.99. The first kappa shape index (κ1) is 16.6. The van der Waals surface area contributed by atoms with Gasteiger partial charge in [-0.15, -0.1) is 0 Å². The average molecular weight is 322 g/mol. The standard InChI is InChI=1S/C15H18N2O6/c1-3-22-12-8-10(4-5-11(12)21-2)14(19)23-9-13(18)17-7-6-16-15(17)20/h4-5,8H,3,6-7,9H2,1-2H3,(H,16,20). The second-order valence-electron chi connectivity index (χ2n) is 4.65. The summed E-state index contributed by atoms with van der Waals surface area (Å²) in [5, 5.41) is 2.50. The maximum Gasteiger partial charge on any atom is 0.338 e. The Morgan fingerprint density at radius 1 is 1.30 bits per heavy atom. The van der Waals surface area contributed by atoms with Crippen LogP contribution in [-0.4, -0.2) is 56.2 Å². The lowest BCUT2D eigenvalue weighted by molar-refractivity contribution is -0.130. The van der Waals surface area contributed by atoms with E-state index in [0.717, 1.165) is 4.90 Å². The van der Waals surface area contributed by atoms with Crippen molar-refractivity contribution in [2.45, 2.75) is 6.92 Å². The Kier molecular flexibility index (Phi) is 5.40. The zero-order chi connectivity index (χ0) is 16.8. The summed E-state index contributed by atoms with van der Waals surface area (Å²) in [5.41, 5.74) is 0.230. The van der Waals surface area contributed by atoms with E-state index in [1.54, 1.807) is 6.07 Å². The first-order valence-electron chi connectivity index (χ1n) is 7.13. The summed E-state index contributed by atoms with van der Waals surface area (Å²) in [7, 11) is 1.50. The topological polar surface area (TPSA) is 94.2 Å². The Morgan fingerprint density at radius 3 is 2.70 bits per heavy atom. The largest absolute Gasteiger partial charge is 0.493 e. The molecule has 3 amide bonds. The van der Waals surface area contributed by atoms with E-state index in [1.165, 1.54) is 19.2 Å². The lowest BCUT2D eigenvalue weighted by atomic mass is 10.2. The number of nitrogens with zero attached hydrogens (tertiary/aromatic N) is 1. The molecule has 2 rings (SSSR count). The summed E-state index contributed by atoms with van der Waals surface area (Å²) >= 11 is 0. The minimum absolute atomic E-state index is 0.230. The highest BCUT2D eigenvalue weighted by Gasteiger charge is 2.27. The number of hydrogen-bond donors (Lipinski definition) is 1. The van der Waals surface area contributed by atoms with Crippen molar-refractivity contribution in [3.05, 3.63) is 23.8 Å². The number of carbonyl (C=O) groups is 3. The average Bonchev–Trinajstić information content (AvgIpc) is 2.98. The van der Waals surface area contributed by atoms with Crippen LogP contribution in [0.1, 0.15) is 17.3 Å². The van der Waals surface area contributed by atoms with Gasteiger partial charge >= 0.3 is 12.0 Å². The molecular weight excluding hydrogens is 304 g/mol. The summed E-state index contributed by atoms with van der Waals surface area (Å²) in [6.45, 7) is 2.39. The molecule has 1 saturated heterocycles. The van der Waals surface area contributed by atoms with E-state index in [1.807, 2.05) is 6.92 Å². The van der Waals surface area contributed by atoms with E-state index in [-0.39, 0.29) is 12.1 Å². The van der Waals surface area contributed by atoms with Gasteiger partial charge in [0.2, 0.25) is 0 Å². The number of hydrogen-bond acceptors (Lipinski definition) is 6. The fourth-order valence-corrected chi connectivity index (χ4v) is 2.07. The Bertz CT molecular complexity index is 616. The van der Waals surface area contributed by atoms with Gasteiger partial charge in [-0.05, 0) is 25.1 Å². The van der Waals surface area contributed by atoms with E-state index in [2.05, 4.69) is 5.32 Å². The number of nitrogens with one attached hydrogen (secondary N) is 1. The van der Waals surface area contributed by atoms with Crippen LogP contribution in [0.15, 0.2) is 18.2 Å². The third-order valence-electron chi connectivity index (χ3n) is 3.18. The van der Waals surface area contributed by atoms with Crippen LogP contribution < -0.4 is 14.8 Å². The first-order chi connectivity index (χ1) is 11.1. The number of esters is 1. The van der Waals surface area contributed by atoms with Crippen LogP contribution in [0.25, 0.3) is 0 Å². The molecule has 23 heavy (non-hydrogen) atoms. The smallest absolute Gasteiger partial charge is 0.338 e. The van der Waals surface area contributed by atoms with Crippen molar-refractivity contribution in [1.82, 2.24) is 10.2 Å². The number of imide groups is 1. The molecule has 1 aliphatic rings. The number of ether oxygens (including phenoxy) is 3. The van der Waals surface area contributed by atoms with Crippen LogP contribution in [0, 0.1) is 0 Å². The molecule has 1 fully saturated rings. The molecule has 0 saturated carbocycles. The molecule has 1 N–H and O–H groups in total. The van der Waals surface area contributed by atoms with Crippen molar-refractivity contribution in [3.63, 3.8) is 0 Å². The van der Waals surface area contributed by atoms with Crippen LogP contribution >= 0.6 is 0 Å². The SMILES string of the molecule is CCOc1cc(C(=O)OCC(=O)N2CCNC2=O)ccc1OC. The van der Waals surface area contributed by atoms with E-state index >= 15 is 0 Å². The zero-order valence-corrected chi connectivity index (χ0v) is 13.0. The molecule has 0 aliphatic carbocycles. The fraction of sp³-hybridized carbons (Fsp3) is 0.400. The van der Waals surface area contributed by atoms with Crippen LogP contribution in [0.5, 0.6) is 11.5 Å². The number of urea groups is 1. The number of carbonyl (C=O) groups excluding carboxylic acids is 3. The Labute approximate surface area is 133 Å². The monoisotopic (exact) mass is 322 g/mol.